The van der Waals surface area contributed by atoms with E-state index in [1.807, 2.05) is 29.0 Å². The van der Waals surface area contributed by atoms with Crippen LogP contribution in [0.25, 0.3) is 22.2 Å². The van der Waals surface area contributed by atoms with Crippen LogP contribution in [0.15, 0.2) is 51.0 Å². The second kappa shape index (κ2) is 6.06. The highest BCUT2D eigenvalue weighted by Gasteiger charge is 2.20. The van der Waals surface area contributed by atoms with Crippen molar-refractivity contribution in [1.29, 1.82) is 0 Å². The number of nitrogens with zero attached hydrogens (tertiary/aromatic N) is 3. The van der Waals surface area contributed by atoms with E-state index in [0.717, 1.165) is 27.8 Å². The van der Waals surface area contributed by atoms with Crippen LogP contribution >= 0.6 is 11.3 Å². The Morgan fingerprint density at radius 3 is 2.96 bits per heavy atom. The van der Waals surface area contributed by atoms with Crippen LogP contribution in [0, 0.1) is 6.92 Å². The van der Waals surface area contributed by atoms with Crippen LogP contribution in [-0.2, 0) is 6.54 Å². The normalized spacial score (nSPS) is 11.1. The lowest BCUT2D eigenvalue weighted by Gasteiger charge is -2.08. The minimum Gasteiger partial charge on any atom is -0.467 e. The van der Waals surface area contributed by atoms with Gasteiger partial charge in [-0.2, -0.15) is 0 Å². The first-order chi connectivity index (χ1) is 12.1. The van der Waals surface area contributed by atoms with E-state index in [1.165, 1.54) is 11.3 Å². The summed E-state index contributed by atoms with van der Waals surface area (Å²) in [6, 6.07) is 7.23. The van der Waals surface area contributed by atoms with Crippen molar-refractivity contribution in [1.82, 2.24) is 14.7 Å². The number of aromatic nitrogens is 3. The van der Waals surface area contributed by atoms with Gasteiger partial charge < -0.3 is 19.2 Å². The Bertz CT molecular complexity index is 1010. The average molecular weight is 354 g/mol. The van der Waals surface area contributed by atoms with Gasteiger partial charge in [0, 0.05) is 17.1 Å². The van der Waals surface area contributed by atoms with E-state index in [9.17, 15) is 4.79 Å². The number of hydrogen-bond acceptors (Lipinski definition) is 6. The van der Waals surface area contributed by atoms with E-state index in [-0.39, 0.29) is 0 Å². The molecule has 0 aliphatic rings. The van der Waals surface area contributed by atoms with Crippen LogP contribution in [0.5, 0.6) is 0 Å². The van der Waals surface area contributed by atoms with Crippen LogP contribution in [0.2, 0.25) is 0 Å². The third kappa shape index (κ3) is 2.76. The maximum Gasteiger partial charge on any atom is 0.250 e. The molecule has 0 aromatic carbocycles. The standard InChI is InChI=1S/C17H14N4O3S/c1-10-12(16(18)22)7-14(21(10)8-11-3-2-6-23-11)13-9-25-17(20-13)15-4-5-19-24-15/h2-7,9H,8H2,1H3,(H2,18,22). The number of nitrogens with two attached hydrogens (primary N) is 1. The molecule has 4 aromatic rings. The van der Waals surface area contributed by atoms with Crippen molar-refractivity contribution in [2.75, 3.05) is 0 Å². The van der Waals surface area contributed by atoms with Crippen molar-refractivity contribution in [2.24, 2.45) is 5.73 Å². The fourth-order valence-electron chi connectivity index (χ4n) is 2.70. The van der Waals surface area contributed by atoms with E-state index in [4.69, 9.17) is 14.7 Å². The highest BCUT2D eigenvalue weighted by molar-refractivity contribution is 7.13. The molecule has 8 heteroatoms. The van der Waals surface area contributed by atoms with E-state index in [1.54, 1.807) is 24.6 Å². The summed E-state index contributed by atoms with van der Waals surface area (Å²) in [5, 5.41) is 6.33. The first-order valence-electron chi connectivity index (χ1n) is 7.52. The lowest BCUT2D eigenvalue weighted by molar-refractivity contribution is 0.0999. The number of primary amides is 1. The Labute approximate surface area is 146 Å². The Balaban J connectivity index is 1.80. The van der Waals surface area contributed by atoms with Crippen LogP contribution < -0.4 is 5.73 Å². The molecule has 0 spiro atoms. The summed E-state index contributed by atoms with van der Waals surface area (Å²) < 4.78 is 12.6. The molecule has 1 amide bonds. The number of rotatable bonds is 5. The molecule has 0 unspecified atom stereocenters. The Hall–Kier alpha value is -3.13. The van der Waals surface area contributed by atoms with Gasteiger partial charge >= 0.3 is 0 Å². The van der Waals surface area contributed by atoms with Crippen molar-refractivity contribution < 1.29 is 13.7 Å². The molecule has 4 aromatic heterocycles. The number of amides is 1. The number of carbonyl (C=O) groups is 1. The molecular weight excluding hydrogens is 340 g/mol. The van der Waals surface area contributed by atoms with Gasteiger partial charge in [0.1, 0.15) is 5.76 Å². The molecule has 0 radical (unpaired) electrons. The second-order valence-corrected chi connectivity index (χ2v) is 6.33. The summed E-state index contributed by atoms with van der Waals surface area (Å²) in [6.45, 7) is 2.34. The average Bonchev–Trinajstić information content (AvgIpc) is 3.35. The van der Waals surface area contributed by atoms with Gasteiger partial charge in [0.15, 0.2) is 10.8 Å². The number of hydrogen-bond donors (Lipinski definition) is 1. The third-order valence-corrected chi connectivity index (χ3v) is 4.80. The minimum atomic E-state index is -0.470. The van der Waals surface area contributed by atoms with Crippen molar-refractivity contribution >= 4 is 17.2 Å². The van der Waals surface area contributed by atoms with E-state index in [2.05, 4.69) is 10.1 Å². The predicted molar refractivity (Wildman–Crippen MR) is 92.1 cm³/mol. The Morgan fingerprint density at radius 1 is 1.40 bits per heavy atom. The molecule has 0 saturated carbocycles. The SMILES string of the molecule is Cc1c(C(N)=O)cc(-c2csc(-c3ccno3)n2)n1Cc1ccco1. The Morgan fingerprint density at radius 2 is 2.28 bits per heavy atom. The zero-order chi connectivity index (χ0) is 17.4. The van der Waals surface area contributed by atoms with Gasteiger partial charge in [-0.25, -0.2) is 4.98 Å². The van der Waals surface area contributed by atoms with Crippen molar-refractivity contribution in [3.63, 3.8) is 0 Å². The van der Waals surface area contributed by atoms with Gasteiger partial charge in [0.05, 0.1) is 36.0 Å². The van der Waals surface area contributed by atoms with Gasteiger partial charge in [0.2, 0.25) is 0 Å². The summed E-state index contributed by atoms with van der Waals surface area (Å²) in [7, 11) is 0. The van der Waals surface area contributed by atoms with Crippen molar-refractivity contribution in [3.05, 3.63) is 59.1 Å². The third-order valence-electron chi connectivity index (χ3n) is 3.94. The maximum atomic E-state index is 11.8. The van der Waals surface area contributed by atoms with Gasteiger partial charge in [-0.3, -0.25) is 4.79 Å². The maximum absolute atomic E-state index is 11.8. The van der Waals surface area contributed by atoms with Crippen LogP contribution in [0.3, 0.4) is 0 Å². The molecule has 2 N–H and O–H groups in total. The summed E-state index contributed by atoms with van der Waals surface area (Å²) >= 11 is 1.44. The summed E-state index contributed by atoms with van der Waals surface area (Å²) in [4.78, 5) is 16.4. The molecule has 4 heterocycles. The first-order valence-corrected chi connectivity index (χ1v) is 8.40. The molecular formula is C17H14N4O3S. The molecule has 0 fully saturated rings. The summed E-state index contributed by atoms with van der Waals surface area (Å²) in [5.74, 6) is 0.913. The number of carbonyl (C=O) groups excluding carboxylic acids is 1. The molecule has 0 saturated heterocycles. The molecule has 0 aliphatic heterocycles. The molecule has 0 aliphatic carbocycles. The van der Waals surface area contributed by atoms with Gasteiger partial charge in [-0.15, -0.1) is 11.3 Å². The molecule has 7 nitrogen and oxygen atoms in total. The fraction of sp³-hybridized carbons (Fsp3) is 0.118. The second-order valence-electron chi connectivity index (χ2n) is 5.47. The zero-order valence-corrected chi connectivity index (χ0v) is 14.1. The van der Waals surface area contributed by atoms with E-state index < -0.39 is 5.91 Å². The van der Waals surface area contributed by atoms with Gasteiger partial charge in [-0.05, 0) is 25.1 Å². The molecule has 126 valence electrons. The highest BCUT2D eigenvalue weighted by Crippen LogP contribution is 2.31. The number of thiazole rings is 1. The first kappa shape index (κ1) is 15.4. The minimum absolute atomic E-state index is 0.468. The lowest BCUT2D eigenvalue weighted by atomic mass is 10.2. The van der Waals surface area contributed by atoms with Crippen LogP contribution in [-0.4, -0.2) is 20.6 Å². The topological polar surface area (TPSA) is 100 Å². The molecule has 4 rings (SSSR count). The van der Waals surface area contributed by atoms with Crippen molar-refractivity contribution in [2.45, 2.75) is 13.5 Å². The van der Waals surface area contributed by atoms with E-state index in [0.29, 0.717) is 17.9 Å². The largest absolute Gasteiger partial charge is 0.467 e. The zero-order valence-electron chi connectivity index (χ0n) is 13.3. The summed E-state index contributed by atoms with van der Waals surface area (Å²) in [5.41, 5.74) is 8.28. The van der Waals surface area contributed by atoms with Crippen LogP contribution in [0.1, 0.15) is 21.8 Å². The monoisotopic (exact) mass is 354 g/mol. The number of furan rings is 1. The smallest absolute Gasteiger partial charge is 0.250 e. The molecule has 0 bridgehead atoms. The van der Waals surface area contributed by atoms with E-state index >= 15 is 0 Å². The van der Waals surface area contributed by atoms with Crippen molar-refractivity contribution in [3.8, 4) is 22.2 Å². The van der Waals surface area contributed by atoms with Gasteiger partial charge in [0.25, 0.3) is 5.91 Å². The molecule has 25 heavy (non-hydrogen) atoms. The summed E-state index contributed by atoms with van der Waals surface area (Å²) in [6.07, 6.45) is 3.19. The van der Waals surface area contributed by atoms with Crippen LogP contribution in [0.4, 0.5) is 0 Å². The fourth-order valence-corrected chi connectivity index (χ4v) is 3.47. The predicted octanol–water partition coefficient (Wildman–Crippen LogP) is 3.32. The molecule has 0 atom stereocenters. The quantitative estimate of drug-likeness (QED) is 0.592. The highest BCUT2D eigenvalue weighted by atomic mass is 32.1. The lowest BCUT2D eigenvalue weighted by Crippen LogP contribution is -2.12. The van der Waals surface area contributed by atoms with Gasteiger partial charge in [-0.1, -0.05) is 5.16 Å². The Kier molecular flexibility index (Phi) is 3.73.